The van der Waals surface area contributed by atoms with Gasteiger partial charge < -0.3 is 10.4 Å². The molecular weight excluding hydrogens is 276 g/mol. The normalized spacial score (nSPS) is 14.0. The number of hydrogen-bond donors (Lipinski definition) is 2. The molecule has 1 amide bonds. The van der Waals surface area contributed by atoms with E-state index in [9.17, 15) is 18.7 Å². The van der Waals surface area contributed by atoms with Crippen molar-refractivity contribution in [3.63, 3.8) is 0 Å². The van der Waals surface area contributed by atoms with Gasteiger partial charge in [0.2, 0.25) is 5.91 Å². The zero-order valence-electron chi connectivity index (χ0n) is 12.7. The summed E-state index contributed by atoms with van der Waals surface area (Å²) in [6.45, 7) is 5.31. The number of rotatable bonds is 7. The third-order valence-electron chi connectivity index (χ3n) is 3.77. The Morgan fingerprint density at radius 3 is 2.48 bits per heavy atom. The van der Waals surface area contributed by atoms with Crippen LogP contribution >= 0.6 is 0 Å². The number of halogens is 2. The van der Waals surface area contributed by atoms with E-state index in [2.05, 4.69) is 5.32 Å². The van der Waals surface area contributed by atoms with Crippen LogP contribution < -0.4 is 5.32 Å². The quantitative estimate of drug-likeness (QED) is 0.812. The SMILES string of the molecule is CCC(CC)CC(=O)NCC(C)(O)c1ccc(F)cc1F. The molecule has 1 unspecified atom stereocenters. The summed E-state index contributed by atoms with van der Waals surface area (Å²) in [6.07, 6.45) is 2.20. The highest BCUT2D eigenvalue weighted by Gasteiger charge is 2.27. The number of hydrogen-bond acceptors (Lipinski definition) is 2. The Kier molecular flexibility index (Phi) is 6.27. The molecule has 1 aromatic carbocycles. The van der Waals surface area contributed by atoms with Gasteiger partial charge in [0.25, 0.3) is 0 Å². The molecule has 0 saturated heterocycles. The molecule has 1 atom stereocenters. The Morgan fingerprint density at radius 2 is 1.95 bits per heavy atom. The van der Waals surface area contributed by atoms with Crippen molar-refractivity contribution in [2.24, 2.45) is 5.92 Å². The molecule has 2 N–H and O–H groups in total. The van der Waals surface area contributed by atoms with Crippen molar-refractivity contribution in [3.05, 3.63) is 35.4 Å². The Hall–Kier alpha value is -1.49. The van der Waals surface area contributed by atoms with Crippen LogP contribution in [0.25, 0.3) is 0 Å². The summed E-state index contributed by atoms with van der Waals surface area (Å²) < 4.78 is 26.6. The van der Waals surface area contributed by atoms with Crippen LogP contribution in [0.5, 0.6) is 0 Å². The lowest BCUT2D eigenvalue weighted by Crippen LogP contribution is -2.39. The largest absolute Gasteiger partial charge is 0.383 e. The zero-order valence-corrected chi connectivity index (χ0v) is 12.7. The van der Waals surface area contributed by atoms with Crippen molar-refractivity contribution < 1.29 is 18.7 Å². The zero-order chi connectivity index (χ0) is 16.0. The summed E-state index contributed by atoms with van der Waals surface area (Å²) in [4.78, 5) is 11.8. The fourth-order valence-electron chi connectivity index (χ4n) is 2.20. The van der Waals surface area contributed by atoms with Crippen molar-refractivity contribution in [1.82, 2.24) is 5.32 Å². The minimum Gasteiger partial charge on any atom is -0.383 e. The van der Waals surface area contributed by atoms with Gasteiger partial charge in [-0.1, -0.05) is 32.8 Å². The predicted molar refractivity (Wildman–Crippen MR) is 77.6 cm³/mol. The maximum absolute atomic E-state index is 13.7. The molecule has 118 valence electrons. The molecule has 0 aliphatic carbocycles. The summed E-state index contributed by atoms with van der Waals surface area (Å²) in [5.74, 6) is -1.40. The lowest BCUT2D eigenvalue weighted by atomic mass is 9.94. The van der Waals surface area contributed by atoms with Crippen LogP contribution in [0.2, 0.25) is 0 Å². The van der Waals surface area contributed by atoms with E-state index in [1.54, 1.807) is 0 Å². The maximum Gasteiger partial charge on any atom is 0.220 e. The first-order chi connectivity index (χ1) is 9.80. The van der Waals surface area contributed by atoms with Gasteiger partial charge >= 0.3 is 0 Å². The second kappa shape index (κ2) is 7.50. The fraction of sp³-hybridized carbons (Fsp3) is 0.562. The molecule has 0 radical (unpaired) electrons. The van der Waals surface area contributed by atoms with Gasteiger partial charge in [-0.25, -0.2) is 8.78 Å². The van der Waals surface area contributed by atoms with Gasteiger partial charge in [0.15, 0.2) is 0 Å². The fourth-order valence-corrected chi connectivity index (χ4v) is 2.20. The molecule has 0 bridgehead atoms. The second-order valence-electron chi connectivity index (χ2n) is 5.56. The molecule has 5 heteroatoms. The molecule has 0 aliphatic heterocycles. The highest BCUT2D eigenvalue weighted by molar-refractivity contribution is 5.76. The number of carbonyl (C=O) groups is 1. The molecule has 21 heavy (non-hydrogen) atoms. The van der Waals surface area contributed by atoms with Crippen LogP contribution in [0.15, 0.2) is 18.2 Å². The van der Waals surface area contributed by atoms with Gasteiger partial charge in [-0.15, -0.1) is 0 Å². The minimum absolute atomic E-state index is 0.0354. The highest BCUT2D eigenvalue weighted by Crippen LogP contribution is 2.23. The molecule has 0 spiro atoms. The monoisotopic (exact) mass is 299 g/mol. The van der Waals surface area contributed by atoms with Crippen LogP contribution in [0.1, 0.15) is 45.6 Å². The minimum atomic E-state index is -1.58. The molecular formula is C16H23F2NO2. The lowest BCUT2D eigenvalue weighted by molar-refractivity contribution is -0.123. The van der Waals surface area contributed by atoms with E-state index in [0.717, 1.165) is 25.0 Å². The van der Waals surface area contributed by atoms with E-state index in [1.165, 1.54) is 13.0 Å². The van der Waals surface area contributed by atoms with E-state index in [4.69, 9.17) is 0 Å². The summed E-state index contributed by atoms with van der Waals surface area (Å²) in [5, 5.41) is 12.9. The van der Waals surface area contributed by atoms with E-state index in [-0.39, 0.29) is 18.0 Å². The number of benzene rings is 1. The molecule has 0 saturated carbocycles. The molecule has 0 aliphatic rings. The van der Waals surface area contributed by atoms with Gasteiger partial charge in [-0.2, -0.15) is 0 Å². The standard InChI is InChI=1S/C16H23F2NO2/c1-4-11(5-2)8-15(20)19-10-16(3,21)13-7-6-12(17)9-14(13)18/h6-7,9,11,21H,4-5,8,10H2,1-3H3,(H,19,20). The van der Waals surface area contributed by atoms with Crippen molar-refractivity contribution in [1.29, 1.82) is 0 Å². The topological polar surface area (TPSA) is 49.3 Å². The number of amides is 1. The first kappa shape index (κ1) is 17.6. The smallest absolute Gasteiger partial charge is 0.220 e. The molecule has 1 rings (SSSR count). The van der Waals surface area contributed by atoms with Gasteiger partial charge in [0.1, 0.15) is 17.2 Å². The van der Waals surface area contributed by atoms with Crippen LogP contribution in [0.4, 0.5) is 8.78 Å². The first-order valence-corrected chi connectivity index (χ1v) is 7.24. The van der Waals surface area contributed by atoms with Crippen LogP contribution in [0.3, 0.4) is 0 Å². The number of aliphatic hydroxyl groups is 1. The van der Waals surface area contributed by atoms with Gasteiger partial charge in [-0.05, 0) is 18.9 Å². The van der Waals surface area contributed by atoms with Crippen molar-refractivity contribution >= 4 is 5.91 Å². The van der Waals surface area contributed by atoms with Crippen LogP contribution in [0, 0.1) is 17.6 Å². The molecule has 3 nitrogen and oxygen atoms in total. The predicted octanol–water partition coefficient (Wildman–Crippen LogP) is 3.11. The maximum atomic E-state index is 13.7. The molecule has 0 aromatic heterocycles. The Balaban J connectivity index is 2.66. The van der Waals surface area contributed by atoms with Gasteiger partial charge in [0, 0.05) is 18.1 Å². The number of nitrogens with one attached hydrogen (secondary N) is 1. The Labute approximate surface area is 124 Å². The molecule has 0 fully saturated rings. The van der Waals surface area contributed by atoms with Gasteiger partial charge in [0.05, 0.1) is 6.54 Å². The number of carbonyl (C=O) groups excluding carboxylic acids is 1. The highest BCUT2D eigenvalue weighted by atomic mass is 19.1. The molecule has 0 heterocycles. The summed E-state index contributed by atoms with van der Waals surface area (Å²) >= 11 is 0. The summed E-state index contributed by atoms with van der Waals surface area (Å²) in [6, 6.07) is 2.99. The van der Waals surface area contributed by atoms with Crippen molar-refractivity contribution in [2.75, 3.05) is 6.54 Å². The third kappa shape index (κ3) is 5.08. The van der Waals surface area contributed by atoms with Crippen LogP contribution in [-0.2, 0) is 10.4 Å². The van der Waals surface area contributed by atoms with Gasteiger partial charge in [-0.3, -0.25) is 4.79 Å². The summed E-state index contributed by atoms with van der Waals surface area (Å²) in [5.41, 5.74) is -1.62. The summed E-state index contributed by atoms with van der Waals surface area (Å²) in [7, 11) is 0. The first-order valence-electron chi connectivity index (χ1n) is 7.24. The van der Waals surface area contributed by atoms with Crippen molar-refractivity contribution in [3.8, 4) is 0 Å². The van der Waals surface area contributed by atoms with E-state index in [1.807, 2.05) is 13.8 Å². The Bertz CT molecular complexity index is 485. The molecule has 1 aromatic rings. The lowest BCUT2D eigenvalue weighted by Gasteiger charge is -2.25. The van der Waals surface area contributed by atoms with Crippen LogP contribution in [-0.4, -0.2) is 17.6 Å². The Morgan fingerprint density at radius 1 is 1.33 bits per heavy atom. The van der Waals surface area contributed by atoms with Crippen molar-refractivity contribution in [2.45, 2.75) is 45.6 Å². The second-order valence-corrected chi connectivity index (χ2v) is 5.56. The average molecular weight is 299 g/mol. The van der Waals surface area contributed by atoms with E-state index < -0.39 is 17.2 Å². The van der Waals surface area contributed by atoms with E-state index >= 15 is 0 Å². The average Bonchev–Trinajstić information content (AvgIpc) is 2.42. The third-order valence-corrected chi connectivity index (χ3v) is 3.77. The van der Waals surface area contributed by atoms with E-state index in [0.29, 0.717) is 12.3 Å².